The second kappa shape index (κ2) is 6.08. The van der Waals surface area contributed by atoms with Crippen LogP contribution in [-0.2, 0) is 7.05 Å². The maximum Gasteiger partial charge on any atom is 0.238 e. The largest absolute Gasteiger partial charge is 0.302 e. The minimum absolute atomic E-state index is 1.25. The highest BCUT2D eigenvalue weighted by atomic mass is 15.0. The van der Waals surface area contributed by atoms with Gasteiger partial charge in [0.2, 0.25) is 5.52 Å². The summed E-state index contributed by atoms with van der Waals surface area (Å²) in [7, 11) is 2.18. The summed E-state index contributed by atoms with van der Waals surface area (Å²) < 4.78 is 4.82. The first-order valence-corrected chi connectivity index (χ1v) is 11.2. The molecule has 0 aliphatic heterocycles. The molecule has 0 radical (unpaired) electrons. The molecule has 7 aromatic rings. The van der Waals surface area contributed by atoms with Gasteiger partial charge in [0.25, 0.3) is 0 Å². The number of pyridine rings is 2. The van der Waals surface area contributed by atoms with Crippen molar-refractivity contribution in [1.82, 2.24) is 4.40 Å². The highest BCUT2D eigenvalue weighted by Crippen LogP contribution is 2.43. The van der Waals surface area contributed by atoms with Gasteiger partial charge in [0.05, 0.1) is 16.4 Å². The third kappa shape index (κ3) is 2.07. The predicted molar refractivity (Wildman–Crippen MR) is 135 cm³/mol. The molecule has 0 spiro atoms. The maximum atomic E-state index is 2.52. The van der Waals surface area contributed by atoms with Crippen LogP contribution >= 0.6 is 0 Å². The zero-order valence-corrected chi connectivity index (χ0v) is 18.5. The van der Waals surface area contributed by atoms with Gasteiger partial charge in [-0.15, -0.1) is 0 Å². The topological polar surface area (TPSA) is 8.29 Å². The number of fused-ring (bicyclic) bond motifs is 5. The van der Waals surface area contributed by atoms with E-state index in [9.17, 15) is 0 Å². The van der Waals surface area contributed by atoms with Gasteiger partial charge in [-0.3, -0.25) is 0 Å². The predicted octanol–water partition coefficient (Wildman–Crippen LogP) is 7.10. The fourth-order valence-corrected chi connectivity index (χ4v) is 5.74. The zero-order valence-electron chi connectivity index (χ0n) is 18.5. The number of aryl methyl sites for hydroxylation is 3. The van der Waals surface area contributed by atoms with Crippen molar-refractivity contribution in [2.75, 3.05) is 0 Å². The molecule has 0 N–H and O–H groups in total. The van der Waals surface area contributed by atoms with Crippen LogP contribution in [0.1, 0.15) is 11.1 Å². The lowest BCUT2D eigenvalue weighted by molar-refractivity contribution is -0.644. The molecule has 3 aromatic heterocycles. The van der Waals surface area contributed by atoms with E-state index in [1.54, 1.807) is 0 Å². The van der Waals surface area contributed by atoms with Crippen LogP contribution in [0.15, 0.2) is 85.1 Å². The molecule has 0 saturated heterocycles. The summed E-state index contributed by atoms with van der Waals surface area (Å²) in [6.45, 7) is 4.50. The van der Waals surface area contributed by atoms with Crippen molar-refractivity contribution in [3.63, 3.8) is 0 Å². The Balaban J connectivity index is 1.90. The van der Waals surface area contributed by atoms with E-state index in [0.29, 0.717) is 0 Å². The summed E-state index contributed by atoms with van der Waals surface area (Å²) >= 11 is 0. The average molecular weight is 412 g/mol. The average Bonchev–Trinajstić information content (AvgIpc) is 3.16. The lowest BCUT2D eigenvalue weighted by atomic mass is 9.94. The van der Waals surface area contributed by atoms with Crippen LogP contribution in [0.5, 0.6) is 0 Å². The number of benzene rings is 4. The van der Waals surface area contributed by atoms with Crippen molar-refractivity contribution in [2.24, 2.45) is 7.05 Å². The molecule has 0 saturated carbocycles. The molecule has 0 atom stereocenters. The molecule has 4 aromatic carbocycles. The minimum atomic E-state index is 1.25. The summed E-state index contributed by atoms with van der Waals surface area (Å²) in [5.41, 5.74) is 10.4. The summed E-state index contributed by atoms with van der Waals surface area (Å²) in [6.07, 6.45) is 2.22. The van der Waals surface area contributed by atoms with Crippen molar-refractivity contribution in [1.29, 1.82) is 0 Å². The maximum absolute atomic E-state index is 2.52. The quantitative estimate of drug-likeness (QED) is 0.155. The van der Waals surface area contributed by atoms with Crippen LogP contribution in [0.4, 0.5) is 0 Å². The Labute approximate surface area is 186 Å². The van der Waals surface area contributed by atoms with Crippen LogP contribution in [-0.4, -0.2) is 4.40 Å². The monoisotopic (exact) mass is 411 g/mol. The van der Waals surface area contributed by atoms with E-state index in [1.165, 1.54) is 71.3 Å². The molecule has 32 heavy (non-hydrogen) atoms. The smallest absolute Gasteiger partial charge is 0.238 e. The number of aromatic nitrogens is 2. The van der Waals surface area contributed by atoms with Crippen LogP contribution in [0.3, 0.4) is 0 Å². The second-order valence-electron chi connectivity index (χ2n) is 9.01. The number of nitrogens with zero attached hydrogens (tertiary/aromatic N) is 2. The van der Waals surface area contributed by atoms with Gasteiger partial charge in [0.1, 0.15) is 12.6 Å². The second-order valence-corrected chi connectivity index (χ2v) is 9.01. The van der Waals surface area contributed by atoms with Gasteiger partial charge in [-0.2, -0.15) is 4.57 Å². The Kier molecular flexibility index (Phi) is 3.37. The molecule has 2 nitrogen and oxygen atoms in total. The third-order valence-electron chi connectivity index (χ3n) is 7.30. The van der Waals surface area contributed by atoms with Crippen molar-refractivity contribution in [3.05, 3.63) is 96.2 Å². The van der Waals surface area contributed by atoms with Crippen molar-refractivity contribution < 1.29 is 4.57 Å². The highest BCUT2D eigenvalue weighted by Gasteiger charge is 2.25. The molecule has 0 fully saturated rings. The Morgan fingerprint density at radius 1 is 0.719 bits per heavy atom. The SMILES string of the molecule is Cc1cc2cccc3c2c(c1C)c1c2c(cc[n+]1C)c1cccc(-c4ccccc4)c1n32. The number of rotatable bonds is 1. The minimum Gasteiger partial charge on any atom is -0.302 e. The Hall–Kier alpha value is -3.91. The zero-order chi connectivity index (χ0) is 21.6. The molecule has 0 amide bonds. The first kappa shape index (κ1) is 17.7. The fraction of sp³-hybridized carbons (Fsp3) is 0.100. The van der Waals surface area contributed by atoms with Crippen LogP contribution in [0.2, 0.25) is 0 Å². The molecule has 2 heteroatoms. The Morgan fingerprint density at radius 3 is 2.34 bits per heavy atom. The van der Waals surface area contributed by atoms with Gasteiger partial charge in [-0.05, 0) is 42.0 Å². The first-order valence-electron chi connectivity index (χ1n) is 11.2. The summed E-state index contributed by atoms with van der Waals surface area (Å²) in [4.78, 5) is 0. The van der Waals surface area contributed by atoms with E-state index in [-0.39, 0.29) is 0 Å². The van der Waals surface area contributed by atoms with Gasteiger partial charge in [-0.25, -0.2) is 0 Å². The van der Waals surface area contributed by atoms with Crippen LogP contribution in [0.25, 0.3) is 60.1 Å². The molecule has 0 unspecified atom stereocenters. The first-order chi connectivity index (χ1) is 15.6. The van der Waals surface area contributed by atoms with Gasteiger partial charge in [0.15, 0.2) is 6.20 Å². The fourth-order valence-electron chi connectivity index (χ4n) is 5.74. The third-order valence-corrected chi connectivity index (χ3v) is 7.30. The molecular formula is C30H23N2+. The number of hydrogen-bond donors (Lipinski definition) is 0. The van der Waals surface area contributed by atoms with E-state index in [4.69, 9.17) is 0 Å². The van der Waals surface area contributed by atoms with Crippen molar-refractivity contribution >= 4 is 49.0 Å². The van der Waals surface area contributed by atoms with Crippen LogP contribution < -0.4 is 4.57 Å². The standard InChI is InChI=1S/C30H23N2/c1-18-17-21-11-7-14-25-27(21)26(19(18)2)30-29-24(15-16-31(30)3)23-13-8-12-22(28(23)32(25)29)20-9-5-4-6-10-20/h4-17H,1-3H3/q+1. The lowest BCUT2D eigenvalue weighted by Crippen LogP contribution is -2.29. The van der Waals surface area contributed by atoms with Gasteiger partial charge in [0, 0.05) is 27.8 Å². The van der Waals surface area contributed by atoms with Gasteiger partial charge >= 0.3 is 0 Å². The Morgan fingerprint density at radius 2 is 1.50 bits per heavy atom. The van der Waals surface area contributed by atoms with Gasteiger partial charge < -0.3 is 4.40 Å². The number of para-hydroxylation sites is 1. The summed E-state index contributed by atoms with van der Waals surface area (Å²) in [6, 6.07) is 28.9. The molecule has 0 aliphatic rings. The molecule has 152 valence electrons. The van der Waals surface area contributed by atoms with E-state index in [1.807, 2.05) is 0 Å². The van der Waals surface area contributed by atoms with Gasteiger partial charge in [-0.1, -0.05) is 66.7 Å². The molecule has 7 rings (SSSR count). The van der Waals surface area contributed by atoms with E-state index in [0.717, 1.165) is 0 Å². The normalized spacial score (nSPS) is 12.2. The lowest BCUT2D eigenvalue weighted by Gasteiger charge is -2.15. The summed E-state index contributed by atoms with van der Waals surface area (Å²) in [5, 5.41) is 6.66. The number of hydrogen-bond acceptors (Lipinski definition) is 0. The Bertz CT molecular complexity index is 1840. The molecule has 3 heterocycles. The summed E-state index contributed by atoms with van der Waals surface area (Å²) in [5.74, 6) is 0. The van der Waals surface area contributed by atoms with Crippen molar-refractivity contribution in [3.8, 4) is 11.1 Å². The molecular weight excluding hydrogens is 388 g/mol. The molecule has 0 aliphatic carbocycles. The van der Waals surface area contributed by atoms with Crippen molar-refractivity contribution in [2.45, 2.75) is 13.8 Å². The highest BCUT2D eigenvalue weighted by molar-refractivity contribution is 6.27. The van der Waals surface area contributed by atoms with E-state index >= 15 is 0 Å². The van der Waals surface area contributed by atoms with E-state index in [2.05, 4.69) is 115 Å². The molecule has 0 bridgehead atoms. The van der Waals surface area contributed by atoms with Crippen LogP contribution in [0, 0.1) is 13.8 Å². The van der Waals surface area contributed by atoms with E-state index < -0.39 is 0 Å².